The zero-order valence-corrected chi connectivity index (χ0v) is 15.3. The minimum absolute atomic E-state index is 0.0285. The normalized spacial score (nSPS) is 10.5. The fourth-order valence-electron chi connectivity index (χ4n) is 2.66. The summed E-state index contributed by atoms with van der Waals surface area (Å²) in [7, 11) is 0. The second-order valence-electron chi connectivity index (χ2n) is 6.24. The highest BCUT2D eigenvalue weighted by molar-refractivity contribution is 5.94. The van der Waals surface area contributed by atoms with Crippen molar-refractivity contribution in [2.45, 2.75) is 20.3 Å². The Morgan fingerprint density at radius 1 is 1.07 bits per heavy atom. The van der Waals surface area contributed by atoms with Crippen LogP contribution < -0.4 is 10.6 Å². The third-order valence-electron chi connectivity index (χ3n) is 4.05. The van der Waals surface area contributed by atoms with Crippen molar-refractivity contribution in [1.82, 2.24) is 9.97 Å². The number of hydrogen-bond donors (Lipinski definition) is 2. The van der Waals surface area contributed by atoms with Gasteiger partial charge in [0, 0.05) is 29.6 Å². The van der Waals surface area contributed by atoms with Crippen LogP contribution in [0.2, 0.25) is 0 Å². The highest BCUT2D eigenvalue weighted by Crippen LogP contribution is 2.18. The Morgan fingerprint density at radius 2 is 1.81 bits per heavy atom. The van der Waals surface area contributed by atoms with E-state index < -0.39 is 0 Å². The number of carbonyl (C=O) groups excluding carboxylic acids is 1. The lowest BCUT2D eigenvalue weighted by Gasteiger charge is -2.10. The topological polar surface area (TPSA) is 66.9 Å². The van der Waals surface area contributed by atoms with E-state index >= 15 is 0 Å². The van der Waals surface area contributed by atoms with Gasteiger partial charge in [-0.05, 0) is 56.2 Å². The molecule has 0 amide bonds. The molecule has 2 N–H and O–H groups in total. The molecule has 0 aliphatic rings. The molecule has 0 bridgehead atoms. The zero-order valence-electron chi connectivity index (χ0n) is 15.3. The summed E-state index contributed by atoms with van der Waals surface area (Å²) in [5.41, 5.74) is 2.95. The Hall–Kier alpha value is -3.28. The van der Waals surface area contributed by atoms with Gasteiger partial charge in [0.15, 0.2) is 5.78 Å². The molecule has 1 heterocycles. The summed E-state index contributed by atoms with van der Waals surface area (Å²) in [6, 6.07) is 15.8. The van der Waals surface area contributed by atoms with E-state index in [1.54, 1.807) is 24.3 Å². The SMILES string of the molecule is CC(=O)c1ccc(Nc2cc(C)nc(NCCc3ccccc3F)n2)cc1. The number of rotatable bonds is 7. The monoisotopic (exact) mass is 364 g/mol. The average Bonchev–Trinajstić information content (AvgIpc) is 2.63. The second kappa shape index (κ2) is 8.40. The predicted octanol–water partition coefficient (Wildman–Crippen LogP) is 4.52. The number of hydrogen-bond acceptors (Lipinski definition) is 5. The van der Waals surface area contributed by atoms with Crippen LogP contribution in [0.5, 0.6) is 0 Å². The summed E-state index contributed by atoms with van der Waals surface area (Å²) >= 11 is 0. The zero-order chi connectivity index (χ0) is 19.2. The van der Waals surface area contributed by atoms with Crippen LogP contribution in [-0.4, -0.2) is 22.3 Å². The fraction of sp³-hybridized carbons (Fsp3) is 0.190. The fourth-order valence-corrected chi connectivity index (χ4v) is 2.66. The van der Waals surface area contributed by atoms with Gasteiger partial charge in [-0.15, -0.1) is 0 Å². The average molecular weight is 364 g/mol. The molecule has 5 nitrogen and oxygen atoms in total. The number of nitrogens with one attached hydrogen (secondary N) is 2. The maximum atomic E-state index is 13.7. The molecule has 0 aliphatic carbocycles. The number of benzene rings is 2. The van der Waals surface area contributed by atoms with Crippen LogP contribution >= 0.6 is 0 Å². The van der Waals surface area contributed by atoms with E-state index in [0.29, 0.717) is 35.9 Å². The number of aryl methyl sites for hydroxylation is 1. The number of nitrogens with zero attached hydrogens (tertiary/aromatic N) is 2. The van der Waals surface area contributed by atoms with E-state index in [4.69, 9.17) is 0 Å². The molecule has 0 atom stereocenters. The summed E-state index contributed by atoms with van der Waals surface area (Å²) in [6.45, 7) is 3.94. The Bertz CT molecular complexity index is 941. The largest absolute Gasteiger partial charge is 0.354 e. The number of Topliss-reactive ketones (excluding diaryl/α,β-unsaturated/α-hetero) is 1. The first-order chi connectivity index (χ1) is 13.0. The van der Waals surface area contributed by atoms with E-state index in [1.807, 2.05) is 31.2 Å². The smallest absolute Gasteiger partial charge is 0.224 e. The molecule has 6 heteroatoms. The molecule has 0 saturated heterocycles. The van der Waals surface area contributed by atoms with E-state index in [1.165, 1.54) is 13.0 Å². The van der Waals surface area contributed by atoms with Gasteiger partial charge in [-0.3, -0.25) is 4.79 Å². The van der Waals surface area contributed by atoms with E-state index in [9.17, 15) is 9.18 Å². The quantitative estimate of drug-likeness (QED) is 0.603. The van der Waals surface area contributed by atoms with Crippen LogP contribution in [0.3, 0.4) is 0 Å². The van der Waals surface area contributed by atoms with Gasteiger partial charge in [-0.1, -0.05) is 18.2 Å². The minimum atomic E-state index is -0.208. The van der Waals surface area contributed by atoms with Crippen molar-refractivity contribution in [2.24, 2.45) is 0 Å². The number of anilines is 3. The molecule has 0 spiro atoms. The molecule has 0 saturated carbocycles. The first-order valence-corrected chi connectivity index (χ1v) is 8.72. The summed E-state index contributed by atoms with van der Waals surface area (Å²) < 4.78 is 13.7. The standard InChI is InChI=1S/C21H21FN4O/c1-14-13-20(25-18-9-7-16(8-10-18)15(2)27)26-21(24-14)23-12-11-17-5-3-4-6-19(17)22/h3-10,13H,11-12H2,1-2H3,(H2,23,24,25,26). The highest BCUT2D eigenvalue weighted by Gasteiger charge is 2.05. The lowest BCUT2D eigenvalue weighted by atomic mass is 10.1. The van der Waals surface area contributed by atoms with Gasteiger partial charge in [-0.25, -0.2) is 9.37 Å². The number of halogens is 1. The molecular weight excluding hydrogens is 343 g/mol. The lowest BCUT2D eigenvalue weighted by molar-refractivity contribution is 0.101. The van der Waals surface area contributed by atoms with Gasteiger partial charge in [0.2, 0.25) is 5.95 Å². The van der Waals surface area contributed by atoms with Gasteiger partial charge in [0.05, 0.1) is 0 Å². The van der Waals surface area contributed by atoms with Crippen LogP contribution in [0.4, 0.5) is 21.8 Å². The molecule has 0 radical (unpaired) electrons. The van der Waals surface area contributed by atoms with Crippen LogP contribution in [-0.2, 0) is 6.42 Å². The molecule has 0 unspecified atom stereocenters. The van der Waals surface area contributed by atoms with Gasteiger partial charge >= 0.3 is 0 Å². The number of ketones is 1. The van der Waals surface area contributed by atoms with Crippen molar-refractivity contribution < 1.29 is 9.18 Å². The van der Waals surface area contributed by atoms with Gasteiger partial charge < -0.3 is 10.6 Å². The van der Waals surface area contributed by atoms with Crippen molar-refractivity contribution in [3.05, 3.63) is 77.2 Å². The summed E-state index contributed by atoms with van der Waals surface area (Å²) in [4.78, 5) is 20.2. The van der Waals surface area contributed by atoms with Crippen molar-refractivity contribution >= 4 is 23.2 Å². The molecule has 138 valence electrons. The molecule has 27 heavy (non-hydrogen) atoms. The third-order valence-corrected chi connectivity index (χ3v) is 4.05. The Morgan fingerprint density at radius 3 is 2.52 bits per heavy atom. The predicted molar refractivity (Wildman–Crippen MR) is 105 cm³/mol. The van der Waals surface area contributed by atoms with Gasteiger partial charge in [0.1, 0.15) is 11.6 Å². The minimum Gasteiger partial charge on any atom is -0.354 e. The Kier molecular flexibility index (Phi) is 5.76. The maximum absolute atomic E-state index is 13.7. The molecular formula is C21H21FN4O. The van der Waals surface area contributed by atoms with Crippen molar-refractivity contribution in [1.29, 1.82) is 0 Å². The molecule has 1 aromatic heterocycles. The van der Waals surface area contributed by atoms with Crippen LogP contribution in [0.15, 0.2) is 54.6 Å². The van der Waals surface area contributed by atoms with Crippen molar-refractivity contribution in [2.75, 3.05) is 17.2 Å². The third kappa shape index (κ3) is 5.10. The molecule has 0 fully saturated rings. The van der Waals surface area contributed by atoms with Crippen LogP contribution in [0, 0.1) is 12.7 Å². The highest BCUT2D eigenvalue weighted by atomic mass is 19.1. The molecule has 2 aromatic carbocycles. The molecule has 3 rings (SSSR count). The van der Waals surface area contributed by atoms with Gasteiger partial charge in [0.25, 0.3) is 0 Å². The second-order valence-corrected chi connectivity index (χ2v) is 6.24. The summed E-state index contributed by atoms with van der Waals surface area (Å²) in [6.07, 6.45) is 0.541. The van der Waals surface area contributed by atoms with Crippen molar-refractivity contribution in [3.8, 4) is 0 Å². The number of aromatic nitrogens is 2. The van der Waals surface area contributed by atoms with Crippen LogP contribution in [0.1, 0.15) is 28.5 Å². The van der Waals surface area contributed by atoms with E-state index in [-0.39, 0.29) is 11.6 Å². The first kappa shape index (κ1) is 18.5. The maximum Gasteiger partial charge on any atom is 0.224 e. The van der Waals surface area contributed by atoms with Crippen molar-refractivity contribution in [3.63, 3.8) is 0 Å². The van der Waals surface area contributed by atoms with E-state index in [0.717, 1.165) is 11.4 Å². The van der Waals surface area contributed by atoms with E-state index in [2.05, 4.69) is 20.6 Å². The van der Waals surface area contributed by atoms with Gasteiger partial charge in [-0.2, -0.15) is 4.98 Å². The summed E-state index contributed by atoms with van der Waals surface area (Å²) in [5, 5.41) is 6.34. The Labute approximate surface area is 157 Å². The first-order valence-electron chi connectivity index (χ1n) is 8.72. The lowest BCUT2D eigenvalue weighted by Crippen LogP contribution is -2.10. The van der Waals surface area contributed by atoms with Crippen LogP contribution in [0.25, 0.3) is 0 Å². The summed E-state index contributed by atoms with van der Waals surface area (Å²) in [5.74, 6) is 0.947. The Balaban J connectivity index is 1.65. The molecule has 0 aliphatic heterocycles. The number of carbonyl (C=O) groups is 1. The molecule has 3 aromatic rings.